The number of ketones is 1. The van der Waals surface area contributed by atoms with Crippen molar-refractivity contribution in [2.24, 2.45) is 5.92 Å². The summed E-state index contributed by atoms with van der Waals surface area (Å²) in [6.07, 6.45) is 0. The second kappa shape index (κ2) is 4.41. The first-order valence-electron chi connectivity index (χ1n) is 5.13. The average Bonchev–Trinajstić information content (AvgIpc) is 2.16. The summed E-state index contributed by atoms with van der Waals surface area (Å²) >= 11 is 0. The van der Waals surface area contributed by atoms with E-state index in [0.29, 0.717) is 11.8 Å². The maximum atomic E-state index is 11.1. The fraction of sp³-hybridized carbons (Fsp3) is 0.462. The third kappa shape index (κ3) is 2.44. The molecule has 1 atom stereocenters. The Balaban J connectivity index is 2.88. The van der Waals surface area contributed by atoms with Crippen molar-refractivity contribution in [3.05, 3.63) is 35.4 Å². The van der Waals surface area contributed by atoms with E-state index in [1.165, 1.54) is 5.56 Å². The van der Waals surface area contributed by atoms with Gasteiger partial charge in [0, 0.05) is 5.56 Å². The Morgan fingerprint density at radius 2 is 1.57 bits per heavy atom. The number of carbonyl (C=O) groups excluding carboxylic acids is 1. The van der Waals surface area contributed by atoms with Gasteiger partial charge in [0.1, 0.15) is 0 Å². The lowest BCUT2D eigenvalue weighted by atomic mass is 9.90. The van der Waals surface area contributed by atoms with Crippen molar-refractivity contribution in [1.82, 2.24) is 0 Å². The second-order valence-corrected chi connectivity index (χ2v) is 4.21. The minimum atomic E-state index is 0.133. The predicted octanol–water partition coefficient (Wildman–Crippen LogP) is 3.65. The van der Waals surface area contributed by atoms with Crippen molar-refractivity contribution in [3.8, 4) is 0 Å². The van der Waals surface area contributed by atoms with Crippen LogP contribution in [0.5, 0.6) is 0 Å². The van der Waals surface area contributed by atoms with E-state index in [1.807, 2.05) is 12.1 Å². The van der Waals surface area contributed by atoms with Crippen LogP contribution in [0.1, 0.15) is 49.5 Å². The van der Waals surface area contributed by atoms with Crippen molar-refractivity contribution in [1.29, 1.82) is 0 Å². The van der Waals surface area contributed by atoms with Gasteiger partial charge in [-0.1, -0.05) is 45.0 Å². The van der Waals surface area contributed by atoms with Crippen molar-refractivity contribution >= 4 is 5.78 Å². The first-order valence-corrected chi connectivity index (χ1v) is 5.13. The van der Waals surface area contributed by atoms with Gasteiger partial charge in [-0.05, 0) is 24.3 Å². The van der Waals surface area contributed by atoms with Crippen molar-refractivity contribution in [2.45, 2.75) is 33.6 Å². The van der Waals surface area contributed by atoms with Crippen LogP contribution >= 0.6 is 0 Å². The molecule has 0 bridgehead atoms. The standard InChI is InChI=1S/C13H18O/c1-9(2)10(3)12-5-7-13(8-6-12)11(4)14/h5-10H,1-4H3. The number of benzene rings is 1. The van der Waals surface area contributed by atoms with Gasteiger partial charge >= 0.3 is 0 Å². The molecule has 1 aromatic carbocycles. The molecule has 1 aromatic rings. The van der Waals surface area contributed by atoms with Crippen LogP contribution in [0.3, 0.4) is 0 Å². The van der Waals surface area contributed by atoms with Gasteiger partial charge in [0.25, 0.3) is 0 Å². The summed E-state index contributed by atoms with van der Waals surface area (Å²) in [5.41, 5.74) is 2.11. The van der Waals surface area contributed by atoms with Crippen molar-refractivity contribution in [2.75, 3.05) is 0 Å². The highest BCUT2D eigenvalue weighted by Crippen LogP contribution is 2.23. The lowest BCUT2D eigenvalue weighted by Gasteiger charge is -2.15. The minimum Gasteiger partial charge on any atom is -0.295 e. The van der Waals surface area contributed by atoms with Gasteiger partial charge in [-0.3, -0.25) is 4.79 Å². The Hall–Kier alpha value is -1.11. The highest BCUT2D eigenvalue weighted by atomic mass is 16.1. The highest BCUT2D eigenvalue weighted by molar-refractivity contribution is 5.94. The molecule has 1 rings (SSSR count). The molecular weight excluding hydrogens is 172 g/mol. The molecule has 0 aromatic heterocycles. The van der Waals surface area contributed by atoms with E-state index in [0.717, 1.165) is 5.56 Å². The summed E-state index contributed by atoms with van der Waals surface area (Å²) in [7, 11) is 0. The van der Waals surface area contributed by atoms with E-state index in [1.54, 1.807) is 6.92 Å². The molecule has 0 N–H and O–H groups in total. The Morgan fingerprint density at radius 3 is 1.93 bits per heavy atom. The van der Waals surface area contributed by atoms with Gasteiger partial charge in [0.05, 0.1) is 0 Å². The van der Waals surface area contributed by atoms with Crippen LogP contribution in [0.2, 0.25) is 0 Å². The SMILES string of the molecule is CC(=O)c1ccc(C(C)C(C)C)cc1. The topological polar surface area (TPSA) is 17.1 Å². The summed E-state index contributed by atoms with van der Waals surface area (Å²) in [5.74, 6) is 1.32. The van der Waals surface area contributed by atoms with Crippen molar-refractivity contribution < 1.29 is 4.79 Å². The van der Waals surface area contributed by atoms with Crippen LogP contribution in [0, 0.1) is 5.92 Å². The number of Topliss-reactive ketones (excluding diaryl/α,β-unsaturated/α-hetero) is 1. The first kappa shape index (κ1) is 11.0. The minimum absolute atomic E-state index is 0.133. The molecule has 0 aliphatic heterocycles. The molecule has 1 nitrogen and oxygen atoms in total. The van der Waals surface area contributed by atoms with Crippen molar-refractivity contribution in [3.63, 3.8) is 0 Å². The molecular formula is C13H18O. The molecule has 0 radical (unpaired) electrons. The smallest absolute Gasteiger partial charge is 0.159 e. The van der Waals surface area contributed by atoms with E-state index in [9.17, 15) is 4.79 Å². The average molecular weight is 190 g/mol. The fourth-order valence-electron chi connectivity index (χ4n) is 1.41. The Morgan fingerprint density at radius 1 is 1.07 bits per heavy atom. The van der Waals surface area contributed by atoms with Gasteiger partial charge in [-0.2, -0.15) is 0 Å². The van der Waals surface area contributed by atoms with Gasteiger partial charge in [0.15, 0.2) is 5.78 Å². The summed E-state index contributed by atoms with van der Waals surface area (Å²) in [5, 5.41) is 0. The lowest BCUT2D eigenvalue weighted by Crippen LogP contribution is -2.02. The molecule has 0 spiro atoms. The molecule has 1 heteroatoms. The summed E-state index contributed by atoms with van der Waals surface area (Å²) in [4.78, 5) is 11.1. The molecule has 0 aliphatic rings. The van der Waals surface area contributed by atoms with E-state index in [-0.39, 0.29) is 5.78 Å². The highest BCUT2D eigenvalue weighted by Gasteiger charge is 2.09. The van der Waals surface area contributed by atoms with Crippen LogP contribution in [0.4, 0.5) is 0 Å². The zero-order valence-electron chi connectivity index (χ0n) is 9.37. The van der Waals surface area contributed by atoms with Crippen LogP contribution in [0.25, 0.3) is 0 Å². The summed E-state index contributed by atoms with van der Waals surface area (Å²) < 4.78 is 0. The molecule has 0 fully saturated rings. The number of rotatable bonds is 3. The van der Waals surface area contributed by atoms with Gasteiger partial charge in [0.2, 0.25) is 0 Å². The third-order valence-electron chi connectivity index (χ3n) is 2.84. The molecule has 0 aliphatic carbocycles. The van der Waals surface area contributed by atoms with Crippen LogP contribution in [-0.2, 0) is 0 Å². The van der Waals surface area contributed by atoms with Crippen LogP contribution < -0.4 is 0 Å². The number of hydrogen-bond acceptors (Lipinski definition) is 1. The van der Waals surface area contributed by atoms with Crippen LogP contribution in [-0.4, -0.2) is 5.78 Å². The number of carbonyl (C=O) groups is 1. The Labute approximate surface area is 86.1 Å². The zero-order valence-corrected chi connectivity index (χ0v) is 9.37. The quantitative estimate of drug-likeness (QED) is 0.665. The second-order valence-electron chi connectivity index (χ2n) is 4.21. The van der Waals surface area contributed by atoms with E-state index in [4.69, 9.17) is 0 Å². The first-order chi connectivity index (χ1) is 6.52. The van der Waals surface area contributed by atoms with Gasteiger partial charge in [-0.25, -0.2) is 0 Å². The maximum absolute atomic E-state index is 11.1. The predicted molar refractivity (Wildman–Crippen MR) is 59.7 cm³/mol. The molecule has 76 valence electrons. The van der Waals surface area contributed by atoms with E-state index < -0.39 is 0 Å². The molecule has 0 amide bonds. The summed E-state index contributed by atoms with van der Waals surface area (Å²) in [6, 6.07) is 7.94. The summed E-state index contributed by atoms with van der Waals surface area (Å²) in [6.45, 7) is 8.24. The molecule has 1 unspecified atom stereocenters. The molecule has 0 saturated heterocycles. The molecule has 0 heterocycles. The van der Waals surface area contributed by atoms with E-state index in [2.05, 4.69) is 32.9 Å². The lowest BCUT2D eigenvalue weighted by molar-refractivity contribution is 0.101. The fourth-order valence-corrected chi connectivity index (χ4v) is 1.41. The zero-order chi connectivity index (χ0) is 10.7. The van der Waals surface area contributed by atoms with Crippen LogP contribution in [0.15, 0.2) is 24.3 Å². The normalized spacial score (nSPS) is 12.9. The number of hydrogen-bond donors (Lipinski definition) is 0. The van der Waals surface area contributed by atoms with E-state index >= 15 is 0 Å². The largest absolute Gasteiger partial charge is 0.295 e. The van der Waals surface area contributed by atoms with Gasteiger partial charge in [-0.15, -0.1) is 0 Å². The molecule has 14 heavy (non-hydrogen) atoms. The maximum Gasteiger partial charge on any atom is 0.159 e. The third-order valence-corrected chi connectivity index (χ3v) is 2.84. The molecule has 0 saturated carbocycles. The Bertz CT molecular complexity index is 309. The Kier molecular flexibility index (Phi) is 3.45. The van der Waals surface area contributed by atoms with Gasteiger partial charge < -0.3 is 0 Å². The monoisotopic (exact) mass is 190 g/mol.